The molecule has 2 saturated heterocycles. The molecule has 0 atom stereocenters. The molecule has 0 unspecified atom stereocenters. The maximum Gasteiger partial charge on any atom is 0.285 e. The van der Waals surface area contributed by atoms with Crippen molar-refractivity contribution in [3.8, 4) is 0 Å². The average Bonchev–Trinajstić information content (AvgIpc) is 3.41. The van der Waals surface area contributed by atoms with Gasteiger partial charge in [0.2, 0.25) is 0 Å². The number of morpholine rings is 1. The van der Waals surface area contributed by atoms with Gasteiger partial charge >= 0.3 is 0 Å². The van der Waals surface area contributed by atoms with Crippen LogP contribution in [0.5, 0.6) is 0 Å². The Kier molecular flexibility index (Phi) is 13.2. The van der Waals surface area contributed by atoms with Crippen molar-refractivity contribution >= 4 is 64.4 Å². The number of sulfonamides is 2. The molecular weight excluding hydrogens is 825 g/mol. The molecule has 4 aliphatic heterocycles. The van der Waals surface area contributed by atoms with Crippen molar-refractivity contribution in [2.45, 2.75) is 71.9 Å². The summed E-state index contributed by atoms with van der Waals surface area (Å²) in [7, 11) is -7.94. The number of ether oxygens (including phenoxy) is 1. The molecule has 4 aromatic rings. The van der Waals surface area contributed by atoms with Gasteiger partial charge in [0.15, 0.2) is 0 Å². The lowest BCUT2D eigenvalue weighted by molar-refractivity contribution is -0.125. The minimum Gasteiger partial charge on any atom is -0.378 e. The summed E-state index contributed by atoms with van der Waals surface area (Å²) in [5, 5.41) is 6.21. The number of amides is 2. The van der Waals surface area contributed by atoms with Gasteiger partial charge in [-0.3, -0.25) is 9.59 Å². The minimum atomic E-state index is -3.99. The first-order valence-electron chi connectivity index (χ1n) is 21.2. The van der Waals surface area contributed by atoms with Crippen LogP contribution in [-0.4, -0.2) is 88.2 Å². The zero-order valence-electron chi connectivity index (χ0n) is 36.0. The monoisotopic (exact) mass is 880 g/mol. The highest BCUT2D eigenvalue weighted by atomic mass is 32.2. The van der Waals surface area contributed by atoms with Gasteiger partial charge in [0.1, 0.15) is 21.2 Å². The lowest BCUT2D eigenvalue weighted by atomic mass is 10.1. The molecule has 0 aromatic heterocycles. The Morgan fingerprint density at radius 1 is 0.548 bits per heavy atom. The molecule has 4 aromatic carbocycles. The van der Waals surface area contributed by atoms with Gasteiger partial charge in [0.05, 0.1) is 18.8 Å². The van der Waals surface area contributed by atoms with E-state index < -0.39 is 43.4 Å². The Morgan fingerprint density at radius 2 is 0.968 bits per heavy atom. The zero-order valence-corrected chi connectivity index (χ0v) is 37.6. The van der Waals surface area contributed by atoms with Crippen molar-refractivity contribution < 1.29 is 31.2 Å². The van der Waals surface area contributed by atoms with E-state index in [-0.39, 0.29) is 21.2 Å². The molecule has 13 nitrogen and oxygen atoms in total. The van der Waals surface area contributed by atoms with Crippen LogP contribution in [0.3, 0.4) is 0 Å². The van der Waals surface area contributed by atoms with Crippen LogP contribution in [-0.2, 0) is 34.4 Å². The second kappa shape index (κ2) is 18.4. The highest BCUT2D eigenvalue weighted by molar-refractivity contribution is 8.00. The number of carbonyl (C=O) groups is 2. The quantitative estimate of drug-likeness (QED) is 0.170. The predicted octanol–water partition coefficient (Wildman–Crippen LogP) is 7.70. The lowest BCUT2D eigenvalue weighted by Crippen LogP contribution is -2.46. The number of hydrogen-bond acceptors (Lipinski definition) is 11. The lowest BCUT2D eigenvalue weighted by Gasteiger charge is -2.30. The van der Waals surface area contributed by atoms with E-state index >= 15 is 0 Å². The molecule has 0 spiro atoms. The van der Waals surface area contributed by atoms with Crippen molar-refractivity contribution in [3.63, 3.8) is 0 Å². The van der Waals surface area contributed by atoms with E-state index in [1.807, 2.05) is 60.7 Å². The Labute approximate surface area is 366 Å². The standard InChI is InChI=1S/C25H31N3O3S.C22H25N3O4S/c1-25(2,3)28-24(29)22(23(32(28,30)31)19-11-7-6-8-12-19)26-20-13-15-21(16-14-20)27-17-9-4-5-10-18-27;1-16(2)25-22(26)20(21(30(25,27)28)17-6-4-3-5-7-17)23-18-8-10-19(11-9-18)24-12-14-29-15-13-24/h6-8,11-16,26H,4-5,9-10,17-18H2,1-3H3;3-11,16,23H,12-15H2,1-2H3. The molecule has 0 bridgehead atoms. The van der Waals surface area contributed by atoms with Gasteiger partial charge in [0.25, 0.3) is 31.9 Å². The third kappa shape index (κ3) is 9.25. The summed E-state index contributed by atoms with van der Waals surface area (Å²) in [6.45, 7) is 13.7. The van der Waals surface area contributed by atoms with E-state index in [0.29, 0.717) is 35.7 Å². The molecule has 62 heavy (non-hydrogen) atoms. The normalized spacial score (nSPS) is 19.1. The van der Waals surface area contributed by atoms with Crippen molar-refractivity contribution in [2.24, 2.45) is 0 Å². The van der Waals surface area contributed by atoms with Crippen molar-refractivity contribution in [1.29, 1.82) is 0 Å². The summed E-state index contributed by atoms with van der Waals surface area (Å²) in [4.78, 5) is 31.0. The first-order valence-corrected chi connectivity index (χ1v) is 24.1. The molecule has 328 valence electrons. The zero-order chi connectivity index (χ0) is 44.2. The fourth-order valence-corrected chi connectivity index (χ4v) is 12.1. The molecule has 2 amide bonds. The third-order valence-corrected chi connectivity index (χ3v) is 15.3. The Bertz CT molecular complexity index is 2520. The number of anilines is 4. The van der Waals surface area contributed by atoms with Gasteiger partial charge in [-0.15, -0.1) is 0 Å². The van der Waals surface area contributed by atoms with E-state index in [1.165, 1.54) is 25.7 Å². The van der Waals surface area contributed by atoms with Gasteiger partial charge in [-0.2, -0.15) is 0 Å². The second-order valence-electron chi connectivity index (χ2n) is 16.9. The summed E-state index contributed by atoms with van der Waals surface area (Å²) in [6, 6.07) is 32.6. The Balaban J connectivity index is 0.000000187. The number of rotatable bonds is 9. The number of hydrogen-bond donors (Lipinski definition) is 2. The van der Waals surface area contributed by atoms with E-state index in [0.717, 1.165) is 46.2 Å². The maximum atomic E-state index is 13.4. The predicted molar refractivity (Wildman–Crippen MR) is 247 cm³/mol. The molecule has 4 heterocycles. The van der Waals surface area contributed by atoms with Crippen LogP contribution in [0.4, 0.5) is 22.7 Å². The molecule has 15 heteroatoms. The average molecular weight is 881 g/mol. The Morgan fingerprint density at radius 3 is 1.40 bits per heavy atom. The van der Waals surface area contributed by atoms with Crippen LogP contribution in [0.15, 0.2) is 121 Å². The molecular formula is C47H56N6O7S2. The first kappa shape index (κ1) is 44.4. The highest BCUT2D eigenvalue weighted by Crippen LogP contribution is 2.41. The molecule has 4 aliphatic rings. The molecule has 0 aliphatic carbocycles. The Hall–Kier alpha value is -5.64. The molecule has 0 saturated carbocycles. The summed E-state index contributed by atoms with van der Waals surface area (Å²) >= 11 is 0. The highest BCUT2D eigenvalue weighted by Gasteiger charge is 2.49. The van der Waals surface area contributed by atoms with Crippen molar-refractivity contribution in [1.82, 2.24) is 8.61 Å². The third-order valence-electron chi connectivity index (χ3n) is 11.1. The van der Waals surface area contributed by atoms with Crippen molar-refractivity contribution in [3.05, 3.63) is 132 Å². The van der Waals surface area contributed by atoms with Crippen molar-refractivity contribution in [2.75, 3.05) is 59.8 Å². The summed E-state index contributed by atoms with van der Waals surface area (Å²) in [5.41, 5.74) is 3.83. The van der Waals surface area contributed by atoms with Crippen LogP contribution in [0, 0.1) is 0 Å². The summed E-state index contributed by atoms with van der Waals surface area (Å²) in [6.07, 6.45) is 4.94. The number of nitrogens with zero attached hydrogens (tertiary/aromatic N) is 4. The molecule has 0 radical (unpaired) electrons. The summed E-state index contributed by atoms with van der Waals surface area (Å²) < 4.78 is 60.6. The van der Waals surface area contributed by atoms with E-state index in [9.17, 15) is 26.4 Å². The van der Waals surface area contributed by atoms with Crippen LogP contribution in [0.1, 0.15) is 71.4 Å². The van der Waals surface area contributed by atoms with Crippen LogP contribution >= 0.6 is 0 Å². The van der Waals surface area contributed by atoms with E-state index in [4.69, 9.17) is 4.74 Å². The fraction of sp³-hybridized carbons (Fsp3) is 0.362. The molecule has 8 rings (SSSR count). The van der Waals surface area contributed by atoms with Crippen LogP contribution in [0.2, 0.25) is 0 Å². The van der Waals surface area contributed by atoms with Gasteiger partial charge in [-0.05, 0) is 107 Å². The molecule has 2 N–H and O–H groups in total. The van der Waals surface area contributed by atoms with Gasteiger partial charge in [-0.25, -0.2) is 25.4 Å². The summed E-state index contributed by atoms with van der Waals surface area (Å²) in [5.74, 6) is -1.07. The second-order valence-corrected chi connectivity index (χ2v) is 20.4. The number of carbonyl (C=O) groups excluding carboxylic acids is 2. The van der Waals surface area contributed by atoms with E-state index in [2.05, 4.69) is 20.4 Å². The smallest absolute Gasteiger partial charge is 0.285 e. The SMILES string of the molecule is CC(C)(C)N1C(=O)C(Nc2ccc(N3CCCCCC3)cc2)=C(c2ccccc2)S1(=O)=O.CC(C)N1C(=O)C(Nc2ccc(N3CCOCC3)cc2)=C(c2ccccc2)S1(=O)=O. The minimum absolute atomic E-state index is 0.0130. The van der Waals surface area contributed by atoms with Gasteiger partial charge < -0.3 is 25.2 Å². The number of benzene rings is 4. The largest absolute Gasteiger partial charge is 0.378 e. The number of nitrogens with one attached hydrogen (secondary N) is 2. The van der Waals surface area contributed by atoms with Crippen LogP contribution in [0.25, 0.3) is 9.81 Å². The fourth-order valence-electron chi connectivity index (χ4n) is 8.19. The van der Waals surface area contributed by atoms with Gasteiger partial charge in [0, 0.05) is 55.0 Å². The topological polar surface area (TPSA) is 149 Å². The maximum absolute atomic E-state index is 13.4. The molecule has 2 fully saturated rings. The van der Waals surface area contributed by atoms with E-state index in [1.54, 1.807) is 83.1 Å². The van der Waals surface area contributed by atoms with Gasteiger partial charge in [-0.1, -0.05) is 73.5 Å². The van der Waals surface area contributed by atoms with Crippen LogP contribution < -0.4 is 20.4 Å². The first-order chi connectivity index (χ1) is 29.6.